The maximum absolute atomic E-state index is 13.7. The number of carbonyl (C=O) groups is 2. The quantitative estimate of drug-likeness (QED) is 0.798. The van der Waals surface area contributed by atoms with Crippen LogP contribution in [0.2, 0.25) is 0 Å². The molecule has 0 saturated carbocycles. The van der Waals surface area contributed by atoms with Crippen LogP contribution in [0.25, 0.3) is 0 Å². The Morgan fingerprint density at radius 1 is 1.04 bits per heavy atom. The second-order valence-corrected chi connectivity index (χ2v) is 6.90. The van der Waals surface area contributed by atoms with Crippen LogP contribution in [-0.4, -0.2) is 29.8 Å². The molecule has 7 heteroatoms. The maximum Gasteiger partial charge on any atom is 0.253 e. The van der Waals surface area contributed by atoms with Crippen molar-refractivity contribution in [1.82, 2.24) is 10.2 Å². The topological polar surface area (TPSA) is 61.4 Å². The highest BCUT2D eigenvalue weighted by Gasteiger charge is 2.20. The minimum Gasteiger partial charge on any atom is -0.339 e. The fourth-order valence-corrected chi connectivity index (χ4v) is 3.33. The standard InChI is InChI=1S/C21H23F2N3O2/c1-14(27)25-17-10-15(9-16(11-17)21(28)26-7-2-3-8-26)12-24-13-18-19(22)5-4-6-20(18)23/h4-6,9-11,24H,2-3,7-8,12-13H2,1H3,(H,25,27). The van der Waals surface area contributed by atoms with Crippen LogP contribution in [0.15, 0.2) is 36.4 Å². The van der Waals surface area contributed by atoms with Gasteiger partial charge < -0.3 is 15.5 Å². The molecule has 0 aromatic heterocycles. The summed E-state index contributed by atoms with van der Waals surface area (Å²) in [5.41, 5.74) is 1.72. The van der Waals surface area contributed by atoms with E-state index in [1.165, 1.54) is 25.1 Å². The largest absolute Gasteiger partial charge is 0.339 e. The molecule has 2 N–H and O–H groups in total. The molecule has 5 nitrogen and oxygen atoms in total. The summed E-state index contributed by atoms with van der Waals surface area (Å²) in [7, 11) is 0. The molecule has 1 heterocycles. The van der Waals surface area contributed by atoms with Gasteiger partial charge in [-0.25, -0.2) is 8.78 Å². The average Bonchev–Trinajstić information content (AvgIpc) is 3.17. The van der Waals surface area contributed by atoms with Gasteiger partial charge in [0.25, 0.3) is 5.91 Å². The molecule has 28 heavy (non-hydrogen) atoms. The van der Waals surface area contributed by atoms with E-state index in [9.17, 15) is 18.4 Å². The number of anilines is 1. The van der Waals surface area contributed by atoms with Gasteiger partial charge in [-0.15, -0.1) is 0 Å². The number of hydrogen-bond donors (Lipinski definition) is 2. The van der Waals surface area contributed by atoms with Crippen LogP contribution in [0.5, 0.6) is 0 Å². The van der Waals surface area contributed by atoms with Crippen LogP contribution in [-0.2, 0) is 17.9 Å². The lowest BCUT2D eigenvalue weighted by molar-refractivity contribution is -0.114. The summed E-state index contributed by atoms with van der Waals surface area (Å²) in [6.45, 7) is 3.15. The summed E-state index contributed by atoms with van der Waals surface area (Å²) in [5, 5.41) is 5.70. The minimum absolute atomic E-state index is 0.0122. The van der Waals surface area contributed by atoms with Crippen molar-refractivity contribution in [3.05, 3.63) is 64.7 Å². The smallest absolute Gasteiger partial charge is 0.253 e. The fourth-order valence-electron chi connectivity index (χ4n) is 3.33. The Bertz CT molecular complexity index is 860. The van der Waals surface area contributed by atoms with E-state index in [0.29, 0.717) is 17.8 Å². The number of benzene rings is 2. The number of amides is 2. The zero-order chi connectivity index (χ0) is 20.1. The molecule has 2 amide bonds. The van der Waals surface area contributed by atoms with Gasteiger partial charge in [0.15, 0.2) is 0 Å². The van der Waals surface area contributed by atoms with Crippen LogP contribution in [0.1, 0.15) is 41.3 Å². The molecule has 1 saturated heterocycles. The monoisotopic (exact) mass is 387 g/mol. The van der Waals surface area contributed by atoms with E-state index in [-0.39, 0.29) is 23.9 Å². The van der Waals surface area contributed by atoms with Gasteiger partial charge in [-0.2, -0.15) is 0 Å². The first-order valence-electron chi connectivity index (χ1n) is 9.28. The van der Waals surface area contributed by atoms with Gasteiger partial charge >= 0.3 is 0 Å². The second kappa shape index (κ2) is 8.93. The van der Waals surface area contributed by atoms with E-state index in [1.54, 1.807) is 23.1 Å². The van der Waals surface area contributed by atoms with Crippen molar-refractivity contribution in [3.63, 3.8) is 0 Å². The molecule has 1 aliphatic rings. The van der Waals surface area contributed by atoms with Crippen molar-refractivity contribution in [2.24, 2.45) is 0 Å². The molecule has 2 aromatic carbocycles. The van der Waals surface area contributed by atoms with Crippen molar-refractivity contribution in [2.75, 3.05) is 18.4 Å². The first-order chi connectivity index (χ1) is 13.4. The average molecular weight is 387 g/mol. The molecule has 148 valence electrons. The van der Waals surface area contributed by atoms with Gasteiger partial charge in [0.05, 0.1) is 0 Å². The highest BCUT2D eigenvalue weighted by Crippen LogP contribution is 2.20. The van der Waals surface area contributed by atoms with Gasteiger partial charge in [-0.3, -0.25) is 9.59 Å². The molecular formula is C21H23F2N3O2. The van der Waals surface area contributed by atoms with Gasteiger partial charge in [0, 0.05) is 49.9 Å². The lowest BCUT2D eigenvalue weighted by atomic mass is 10.1. The Morgan fingerprint density at radius 2 is 1.71 bits per heavy atom. The normalized spacial score (nSPS) is 13.6. The van der Waals surface area contributed by atoms with Crippen LogP contribution in [0.4, 0.5) is 14.5 Å². The molecule has 3 rings (SSSR count). The van der Waals surface area contributed by atoms with Crippen molar-refractivity contribution < 1.29 is 18.4 Å². The summed E-state index contributed by atoms with van der Waals surface area (Å²) < 4.78 is 27.5. The van der Waals surface area contributed by atoms with E-state index in [1.807, 2.05) is 0 Å². The summed E-state index contributed by atoms with van der Waals surface area (Å²) in [5.74, 6) is -1.53. The van der Waals surface area contributed by atoms with Crippen molar-refractivity contribution in [3.8, 4) is 0 Å². The number of hydrogen-bond acceptors (Lipinski definition) is 3. The molecule has 1 fully saturated rings. The van der Waals surface area contributed by atoms with E-state index >= 15 is 0 Å². The number of halogens is 2. The number of nitrogens with one attached hydrogen (secondary N) is 2. The van der Waals surface area contributed by atoms with Crippen molar-refractivity contribution >= 4 is 17.5 Å². The highest BCUT2D eigenvalue weighted by atomic mass is 19.1. The van der Waals surface area contributed by atoms with Crippen molar-refractivity contribution in [1.29, 1.82) is 0 Å². The molecule has 0 radical (unpaired) electrons. The molecule has 2 aromatic rings. The van der Waals surface area contributed by atoms with Crippen LogP contribution in [0.3, 0.4) is 0 Å². The Morgan fingerprint density at radius 3 is 2.36 bits per heavy atom. The predicted octanol–water partition coefficient (Wildman–Crippen LogP) is 3.45. The maximum atomic E-state index is 13.7. The zero-order valence-corrected chi connectivity index (χ0v) is 15.7. The van der Waals surface area contributed by atoms with Gasteiger partial charge in [0.1, 0.15) is 11.6 Å². The number of nitrogens with zero attached hydrogens (tertiary/aromatic N) is 1. The van der Waals surface area contributed by atoms with Crippen LogP contribution >= 0.6 is 0 Å². The summed E-state index contributed by atoms with van der Waals surface area (Å²) in [6, 6.07) is 8.89. The first kappa shape index (κ1) is 19.9. The Hall–Kier alpha value is -2.80. The summed E-state index contributed by atoms with van der Waals surface area (Å²) in [6.07, 6.45) is 1.97. The number of likely N-dealkylation sites (tertiary alicyclic amines) is 1. The third kappa shape index (κ3) is 4.92. The van der Waals surface area contributed by atoms with Gasteiger partial charge in [0.2, 0.25) is 5.91 Å². The SMILES string of the molecule is CC(=O)Nc1cc(CNCc2c(F)cccc2F)cc(C(=O)N2CCCC2)c1. The van der Waals surface area contributed by atoms with E-state index in [4.69, 9.17) is 0 Å². The highest BCUT2D eigenvalue weighted by molar-refractivity contribution is 5.97. The fraction of sp³-hybridized carbons (Fsp3) is 0.333. The van der Waals surface area contributed by atoms with E-state index < -0.39 is 11.6 Å². The summed E-state index contributed by atoms with van der Waals surface area (Å²) in [4.78, 5) is 25.9. The third-order valence-electron chi connectivity index (χ3n) is 4.65. The van der Waals surface area contributed by atoms with Crippen LogP contribution in [0, 0.1) is 11.6 Å². The molecular weight excluding hydrogens is 364 g/mol. The zero-order valence-electron chi connectivity index (χ0n) is 15.7. The Balaban J connectivity index is 1.76. The lowest BCUT2D eigenvalue weighted by Crippen LogP contribution is -2.28. The van der Waals surface area contributed by atoms with E-state index in [2.05, 4.69) is 10.6 Å². The molecule has 0 unspecified atom stereocenters. The van der Waals surface area contributed by atoms with Crippen molar-refractivity contribution in [2.45, 2.75) is 32.9 Å². The number of carbonyl (C=O) groups excluding carboxylic acids is 2. The Kier molecular flexibility index (Phi) is 6.36. The first-order valence-corrected chi connectivity index (χ1v) is 9.28. The van der Waals surface area contributed by atoms with Gasteiger partial charge in [-0.1, -0.05) is 6.07 Å². The number of rotatable bonds is 6. The second-order valence-electron chi connectivity index (χ2n) is 6.90. The molecule has 0 aliphatic carbocycles. The predicted molar refractivity (Wildman–Crippen MR) is 103 cm³/mol. The van der Waals surface area contributed by atoms with Crippen LogP contribution < -0.4 is 10.6 Å². The molecule has 0 bridgehead atoms. The lowest BCUT2D eigenvalue weighted by Gasteiger charge is -2.17. The van der Waals surface area contributed by atoms with Gasteiger partial charge in [-0.05, 0) is 48.7 Å². The summed E-state index contributed by atoms with van der Waals surface area (Å²) >= 11 is 0. The molecule has 0 spiro atoms. The molecule has 0 atom stereocenters. The Labute approximate surface area is 162 Å². The third-order valence-corrected chi connectivity index (χ3v) is 4.65. The van der Waals surface area contributed by atoms with E-state index in [0.717, 1.165) is 31.5 Å². The minimum atomic E-state index is -0.607. The molecule has 1 aliphatic heterocycles.